The Morgan fingerprint density at radius 2 is 1.89 bits per heavy atom. The predicted octanol–water partition coefficient (Wildman–Crippen LogP) is 5.02. The van der Waals surface area contributed by atoms with Crippen LogP contribution in [0.25, 0.3) is 0 Å². The van der Waals surface area contributed by atoms with Crippen molar-refractivity contribution in [1.29, 1.82) is 5.26 Å². The SMILES string of the molecule is C#CCC(C(=O)OC(C#N)c1cccc(Oc2ccc(F)cc2)c1)C(C)C. The lowest BCUT2D eigenvalue weighted by molar-refractivity contribution is -0.153. The number of nitriles is 1. The minimum Gasteiger partial charge on any atom is -0.457 e. The summed E-state index contributed by atoms with van der Waals surface area (Å²) in [5.74, 6) is 2.04. The van der Waals surface area contributed by atoms with Crippen LogP contribution in [0.5, 0.6) is 11.5 Å². The smallest absolute Gasteiger partial charge is 0.311 e. The second-order valence-electron chi connectivity index (χ2n) is 6.33. The maximum absolute atomic E-state index is 13.0. The average Bonchev–Trinajstić information content (AvgIpc) is 2.65. The molecule has 0 heterocycles. The van der Waals surface area contributed by atoms with Gasteiger partial charge in [0.05, 0.1) is 5.92 Å². The molecule has 138 valence electrons. The molecule has 5 heteroatoms. The molecule has 0 bridgehead atoms. The standard InChI is InChI=1S/C22H20FNO3/c1-4-6-20(15(2)3)22(25)27-21(14-24)16-7-5-8-19(13-16)26-18-11-9-17(23)10-12-18/h1,5,7-13,15,20-21H,6H2,2-3H3. The largest absolute Gasteiger partial charge is 0.457 e. The number of carbonyl (C=O) groups excluding carboxylic acids is 1. The Morgan fingerprint density at radius 3 is 2.48 bits per heavy atom. The summed E-state index contributed by atoms with van der Waals surface area (Å²) in [6.45, 7) is 3.75. The van der Waals surface area contributed by atoms with Gasteiger partial charge in [0.1, 0.15) is 23.4 Å². The van der Waals surface area contributed by atoms with E-state index < -0.39 is 18.0 Å². The second kappa shape index (κ2) is 9.40. The topological polar surface area (TPSA) is 59.3 Å². The average molecular weight is 365 g/mol. The number of ether oxygens (including phenoxy) is 2. The first-order chi connectivity index (χ1) is 12.9. The first kappa shape index (κ1) is 20.0. The van der Waals surface area contributed by atoms with Gasteiger partial charge in [0.2, 0.25) is 6.10 Å². The fraction of sp³-hybridized carbons (Fsp3) is 0.273. The Kier molecular flexibility index (Phi) is 6.97. The molecule has 0 N–H and O–H groups in total. The molecule has 2 aromatic carbocycles. The van der Waals surface area contributed by atoms with Crippen LogP contribution in [-0.4, -0.2) is 5.97 Å². The van der Waals surface area contributed by atoms with Crippen molar-refractivity contribution < 1.29 is 18.7 Å². The molecule has 0 saturated carbocycles. The zero-order chi connectivity index (χ0) is 19.8. The number of rotatable bonds is 7. The summed E-state index contributed by atoms with van der Waals surface area (Å²) in [5, 5.41) is 9.44. The van der Waals surface area contributed by atoms with E-state index >= 15 is 0 Å². The molecule has 27 heavy (non-hydrogen) atoms. The highest BCUT2D eigenvalue weighted by Gasteiger charge is 2.26. The van der Waals surface area contributed by atoms with E-state index in [4.69, 9.17) is 15.9 Å². The van der Waals surface area contributed by atoms with Gasteiger partial charge in [0.15, 0.2) is 0 Å². The summed E-state index contributed by atoms with van der Waals surface area (Å²) in [5.41, 5.74) is 0.480. The lowest BCUT2D eigenvalue weighted by Crippen LogP contribution is -2.24. The summed E-state index contributed by atoms with van der Waals surface area (Å²) < 4.78 is 24.0. The van der Waals surface area contributed by atoms with Crippen molar-refractivity contribution in [1.82, 2.24) is 0 Å². The molecule has 0 saturated heterocycles. The molecule has 4 nitrogen and oxygen atoms in total. The van der Waals surface area contributed by atoms with Gasteiger partial charge in [-0.1, -0.05) is 26.0 Å². The minimum atomic E-state index is -1.08. The van der Waals surface area contributed by atoms with Crippen LogP contribution in [0.1, 0.15) is 31.9 Å². The molecular weight excluding hydrogens is 345 g/mol. The highest BCUT2D eigenvalue weighted by Crippen LogP contribution is 2.27. The summed E-state index contributed by atoms with van der Waals surface area (Å²) in [7, 11) is 0. The number of terminal acetylenes is 1. The summed E-state index contributed by atoms with van der Waals surface area (Å²) in [6, 6.07) is 14.2. The number of benzene rings is 2. The third-order valence-corrected chi connectivity index (χ3v) is 4.01. The predicted molar refractivity (Wildman–Crippen MR) is 99.1 cm³/mol. The molecule has 0 radical (unpaired) electrons. The highest BCUT2D eigenvalue weighted by molar-refractivity contribution is 5.73. The van der Waals surface area contributed by atoms with Gasteiger partial charge in [-0.25, -0.2) is 4.39 Å². The molecule has 0 aliphatic rings. The van der Waals surface area contributed by atoms with Crippen LogP contribution in [0.2, 0.25) is 0 Å². The van der Waals surface area contributed by atoms with Crippen molar-refractivity contribution >= 4 is 5.97 Å². The first-order valence-corrected chi connectivity index (χ1v) is 8.51. The highest BCUT2D eigenvalue weighted by atomic mass is 19.1. The van der Waals surface area contributed by atoms with Crippen molar-refractivity contribution in [3.05, 3.63) is 59.9 Å². The van der Waals surface area contributed by atoms with E-state index in [2.05, 4.69) is 5.92 Å². The Bertz CT molecular complexity index is 862. The van der Waals surface area contributed by atoms with Gasteiger partial charge in [0, 0.05) is 12.0 Å². The van der Waals surface area contributed by atoms with Gasteiger partial charge in [-0.05, 0) is 42.3 Å². The molecule has 0 amide bonds. The van der Waals surface area contributed by atoms with Crippen molar-refractivity contribution in [2.75, 3.05) is 0 Å². The van der Waals surface area contributed by atoms with Crippen LogP contribution in [0.15, 0.2) is 48.5 Å². The Morgan fingerprint density at radius 1 is 1.19 bits per heavy atom. The van der Waals surface area contributed by atoms with E-state index in [0.29, 0.717) is 17.1 Å². The lowest BCUT2D eigenvalue weighted by Gasteiger charge is -2.19. The second-order valence-corrected chi connectivity index (χ2v) is 6.33. The molecule has 0 spiro atoms. The number of nitrogens with zero attached hydrogens (tertiary/aromatic N) is 1. The van der Waals surface area contributed by atoms with Crippen molar-refractivity contribution in [2.24, 2.45) is 11.8 Å². The minimum absolute atomic E-state index is 0.000960. The summed E-state index contributed by atoms with van der Waals surface area (Å²) in [6.07, 6.45) is 4.50. The van der Waals surface area contributed by atoms with Crippen LogP contribution in [0.4, 0.5) is 4.39 Å². The Balaban J connectivity index is 2.15. The quantitative estimate of drug-likeness (QED) is 0.510. The van der Waals surface area contributed by atoms with Gasteiger partial charge in [0.25, 0.3) is 0 Å². The van der Waals surface area contributed by atoms with Gasteiger partial charge in [-0.2, -0.15) is 5.26 Å². The van der Waals surface area contributed by atoms with Crippen LogP contribution in [-0.2, 0) is 9.53 Å². The van der Waals surface area contributed by atoms with Crippen LogP contribution >= 0.6 is 0 Å². The van der Waals surface area contributed by atoms with Crippen molar-refractivity contribution in [2.45, 2.75) is 26.4 Å². The molecule has 0 aliphatic heterocycles. The molecule has 2 unspecified atom stereocenters. The van der Waals surface area contributed by atoms with Crippen LogP contribution in [0, 0.1) is 41.3 Å². The lowest BCUT2D eigenvalue weighted by atomic mass is 9.93. The number of hydrogen-bond donors (Lipinski definition) is 0. The Hall–Kier alpha value is -3.31. The molecule has 2 aromatic rings. The van der Waals surface area contributed by atoms with Crippen LogP contribution < -0.4 is 4.74 Å². The summed E-state index contributed by atoms with van der Waals surface area (Å²) in [4.78, 5) is 12.4. The third-order valence-electron chi connectivity index (χ3n) is 4.01. The molecular formula is C22H20FNO3. The van der Waals surface area contributed by atoms with Gasteiger partial charge in [-0.15, -0.1) is 12.3 Å². The molecule has 0 aliphatic carbocycles. The van der Waals surface area contributed by atoms with Crippen molar-refractivity contribution in [3.8, 4) is 29.9 Å². The Labute approximate surface area is 158 Å². The normalized spacial score (nSPS) is 12.5. The van der Waals surface area contributed by atoms with E-state index in [-0.39, 0.29) is 18.2 Å². The maximum atomic E-state index is 13.0. The van der Waals surface area contributed by atoms with Gasteiger partial charge >= 0.3 is 5.97 Å². The van der Waals surface area contributed by atoms with Crippen LogP contribution in [0.3, 0.4) is 0 Å². The van der Waals surface area contributed by atoms with E-state index in [1.807, 2.05) is 19.9 Å². The number of carbonyl (C=O) groups is 1. The number of hydrogen-bond acceptors (Lipinski definition) is 4. The molecule has 2 atom stereocenters. The number of halogens is 1. The zero-order valence-corrected chi connectivity index (χ0v) is 15.2. The zero-order valence-electron chi connectivity index (χ0n) is 15.2. The van der Waals surface area contributed by atoms with E-state index in [1.54, 1.807) is 24.3 Å². The fourth-order valence-electron chi connectivity index (χ4n) is 2.47. The van der Waals surface area contributed by atoms with Gasteiger partial charge in [-0.3, -0.25) is 4.79 Å². The maximum Gasteiger partial charge on any atom is 0.311 e. The van der Waals surface area contributed by atoms with Crippen molar-refractivity contribution in [3.63, 3.8) is 0 Å². The van der Waals surface area contributed by atoms with E-state index in [9.17, 15) is 14.4 Å². The third kappa shape index (κ3) is 5.59. The molecule has 0 fully saturated rings. The molecule has 0 aromatic heterocycles. The van der Waals surface area contributed by atoms with E-state index in [0.717, 1.165) is 0 Å². The fourth-order valence-corrected chi connectivity index (χ4v) is 2.47. The monoisotopic (exact) mass is 365 g/mol. The molecule has 2 rings (SSSR count). The van der Waals surface area contributed by atoms with E-state index in [1.165, 1.54) is 24.3 Å². The summed E-state index contributed by atoms with van der Waals surface area (Å²) >= 11 is 0. The number of esters is 1. The van der Waals surface area contributed by atoms with Gasteiger partial charge < -0.3 is 9.47 Å². The first-order valence-electron chi connectivity index (χ1n) is 8.51.